The first kappa shape index (κ1) is 12.0. The molecule has 2 rings (SSSR count). The van der Waals surface area contributed by atoms with E-state index in [-0.39, 0.29) is 6.54 Å². The molecule has 0 fully saturated rings. The van der Waals surface area contributed by atoms with Crippen molar-refractivity contribution in [3.63, 3.8) is 0 Å². The molecule has 6 nitrogen and oxygen atoms in total. The van der Waals surface area contributed by atoms with E-state index in [0.717, 1.165) is 6.20 Å². The number of halogens is 1. The summed E-state index contributed by atoms with van der Waals surface area (Å²) in [5.74, 6) is -0.399. The summed E-state index contributed by atoms with van der Waals surface area (Å²) in [6.07, 6.45) is 1.77. The van der Waals surface area contributed by atoms with E-state index in [1.54, 1.807) is 16.9 Å². The number of aromatic nitrogens is 3. The fraction of sp³-hybridized carbons (Fsp3) is 0.182. The Bertz CT molecular complexity index is 538. The Hall–Kier alpha value is -2.44. The molecule has 0 aliphatic rings. The van der Waals surface area contributed by atoms with Crippen LogP contribution in [0.25, 0.3) is 11.4 Å². The molecule has 0 saturated carbocycles. The molecule has 0 radical (unpaired) electrons. The monoisotopic (exact) mass is 250 g/mol. The van der Waals surface area contributed by atoms with Crippen LogP contribution in [0.15, 0.2) is 30.6 Å². The van der Waals surface area contributed by atoms with E-state index in [2.05, 4.69) is 15.4 Å². The van der Waals surface area contributed by atoms with Gasteiger partial charge in [0.05, 0.1) is 18.4 Å². The summed E-state index contributed by atoms with van der Waals surface area (Å²) in [6, 6.07) is 4.59. The number of carboxylic acid groups (broad SMARTS) is 1. The van der Waals surface area contributed by atoms with Gasteiger partial charge in [-0.2, -0.15) is 5.10 Å². The highest BCUT2D eigenvalue weighted by Gasteiger charge is 2.04. The highest BCUT2D eigenvalue weighted by atomic mass is 19.1. The minimum absolute atomic E-state index is 0.271. The number of nitrogens with zero attached hydrogens (tertiary/aromatic N) is 3. The topological polar surface area (TPSA) is 80.0 Å². The van der Waals surface area contributed by atoms with Crippen molar-refractivity contribution < 1.29 is 14.3 Å². The van der Waals surface area contributed by atoms with Crippen LogP contribution in [0.2, 0.25) is 0 Å². The normalized spacial score (nSPS) is 10.3. The molecule has 2 aromatic heterocycles. The van der Waals surface area contributed by atoms with Gasteiger partial charge < -0.3 is 10.4 Å². The zero-order chi connectivity index (χ0) is 13.0. The molecule has 0 aliphatic heterocycles. The number of pyridine rings is 1. The molecule has 2 heterocycles. The third-order valence-corrected chi connectivity index (χ3v) is 2.25. The lowest BCUT2D eigenvalue weighted by Gasteiger charge is -2.01. The predicted molar refractivity (Wildman–Crippen MR) is 61.4 cm³/mol. The molecular weight excluding hydrogens is 239 g/mol. The summed E-state index contributed by atoms with van der Waals surface area (Å²) < 4.78 is 14.3. The number of hydrogen-bond acceptors (Lipinski definition) is 3. The number of nitrogens with one attached hydrogen (secondary N) is 1. The Morgan fingerprint density at radius 1 is 1.39 bits per heavy atom. The smallest absolute Gasteiger partial charge is 0.404 e. The maximum absolute atomic E-state index is 12.7. The van der Waals surface area contributed by atoms with Crippen molar-refractivity contribution in [3.05, 3.63) is 36.4 Å². The summed E-state index contributed by atoms with van der Waals surface area (Å²) >= 11 is 0. The molecule has 1 amide bonds. The molecule has 0 unspecified atom stereocenters. The van der Waals surface area contributed by atoms with Crippen LogP contribution in [0.4, 0.5) is 9.18 Å². The third-order valence-electron chi connectivity index (χ3n) is 2.25. The van der Waals surface area contributed by atoms with Crippen LogP contribution in [0.1, 0.15) is 0 Å². The van der Waals surface area contributed by atoms with Gasteiger partial charge >= 0.3 is 6.09 Å². The van der Waals surface area contributed by atoms with Crippen molar-refractivity contribution in [2.45, 2.75) is 6.54 Å². The number of rotatable bonds is 4. The van der Waals surface area contributed by atoms with Gasteiger partial charge in [0.15, 0.2) is 0 Å². The van der Waals surface area contributed by atoms with E-state index in [1.165, 1.54) is 12.1 Å². The van der Waals surface area contributed by atoms with E-state index in [9.17, 15) is 9.18 Å². The van der Waals surface area contributed by atoms with Crippen molar-refractivity contribution >= 4 is 6.09 Å². The lowest BCUT2D eigenvalue weighted by atomic mass is 10.3. The molecule has 2 N–H and O–H groups in total. The highest BCUT2D eigenvalue weighted by Crippen LogP contribution is 2.13. The Morgan fingerprint density at radius 2 is 2.22 bits per heavy atom. The maximum Gasteiger partial charge on any atom is 0.404 e. The standard InChI is InChI=1S/C11H11FN4O2/c12-8-1-2-9(14-7-8)10-3-5-16(15-10)6-4-13-11(17)18/h1-3,5,7,13H,4,6H2,(H,17,18). The molecule has 0 aromatic carbocycles. The first-order valence-corrected chi connectivity index (χ1v) is 5.27. The number of hydrogen-bond donors (Lipinski definition) is 2. The van der Waals surface area contributed by atoms with Crippen LogP contribution in [-0.4, -0.2) is 32.5 Å². The first-order chi connectivity index (χ1) is 8.65. The summed E-state index contributed by atoms with van der Waals surface area (Å²) in [4.78, 5) is 14.2. The van der Waals surface area contributed by atoms with Crippen molar-refractivity contribution in [1.29, 1.82) is 0 Å². The van der Waals surface area contributed by atoms with E-state index >= 15 is 0 Å². The third kappa shape index (κ3) is 3.03. The molecular formula is C11H11FN4O2. The zero-order valence-corrected chi connectivity index (χ0v) is 9.38. The van der Waals surface area contributed by atoms with Crippen LogP contribution in [0.5, 0.6) is 0 Å². The van der Waals surface area contributed by atoms with Gasteiger partial charge in [-0.05, 0) is 18.2 Å². The van der Waals surface area contributed by atoms with Gasteiger partial charge in [-0.25, -0.2) is 9.18 Å². The second-order valence-electron chi connectivity index (χ2n) is 3.56. The summed E-state index contributed by atoms with van der Waals surface area (Å²) in [6.45, 7) is 0.695. The summed E-state index contributed by atoms with van der Waals surface area (Å²) in [7, 11) is 0. The van der Waals surface area contributed by atoms with E-state index in [4.69, 9.17) is 5.11 Å². The molecule has 0 atom stereocenters. The highest BCUT2D eigenvalue weighted by molar-refractivity contribution is 5.64. The Balaban J connectivity index is 2.01. The molecule has 0 aliphatic carbocycles. The van der Waals surface area contributed by atoms with Crippen molar-refractivity contribution in [2.24, 2.45) is 0 Å². The average molecular weight is 250 g/mol. The van der Waals surface area contributed by atoms with Crippen LogP contribution in [-0.2, 0) is 6.54 Å². The Kier molecular flexibility index (Phi) is 3.52. The number of amides is 1. The molecule has 94 valence electrons. The fourth-order valence-electron chi connectivity index (χ4n) is 1.43. The van der Waals surface area contributed by atoms with Crippen molar-refractivity contribution in [1.82, 2.24) is 20.1 Å². The van der Waals surface area contributed by atoms with Crippen LogP contribution in [0, 0.1) is 5.82 Å². The Morgan fingerprint density at radius 3 is 2.89 bits per heavy atom. The van der Waals surface area contributed by atoms with E-state index in [0.29, 0.717) is 17.9 Å². The first-order valence-electron chi connectivity index (χ1n) is 5.27. The lowest BCUT2D eigenvalue weighted by molar-refractivity contribution is 0.194. The number of carbonyl (C=O) groups is 1. The minimum Gasteiger partial charge on any atom is -0.465 e. The second-order valence-corrected chi connectivity index (χ2v) is 3.56. The van der Waals surface area contributed by atoms with Crippen molar-refractivity contribution in [3.8, 4) is 11.4 Å². The SMILES string of the molecule is O=C(O)NCCn1ccc(-c2ccc(F)cn2)n1. The van der Waals surface area contributed by atoms with Gasteiger partial charge in [-0.1, -0.05) is 0 Å². The van der Waals surface area contributed by atoms with Gasteiger partial charge in [0.2, 0.25) is 0 Å². The van der Waals surface area contributed by atoms with Crippen LogP contribution >= 0.6 is 0 Å². The quantitative estimate of drug-likeness (QED) is 0.858. The van der Waals surface area contributed by atoms with E-state index in [1.807, 2.05) is 0 Å². The molecule has 0 saturated heterocycles. The van der Waals surface area contributed by atoms with Crippen LogP contribution < -0.4 is 5.32 Å². The predicted octanol–water partition coefficient (Wildman–Crippen LogP) is 1.35. The van der Waals surface area contributed by atoms with Crippen LogP contribution in [0.3, 0.4) is 0 Å². The van der Waals surface area contributed by atoms with Gasteiger partial charge in [0.1, 0.15) is 11.5 Å². The molecule has 18 heavy (non-hydrogen) atoms. The van der Waals surface area contributed by atoms with Gasteiger partial charge in [-0.15, -0.1) is 0 Å². The van der Waals surface area contributed by atoms with Gasteiger partial charge in [-0.3, -0.25) is 9.67 Å². The molecule has 0 spiro atoms. The van der Waals surface area contributed by atoms with Gasteiger partial charge in [0, 0.05) is 12.7 Å². The molecule has 2 aromatic rings. The Labute approximate surface area is 102 Å². The largest absolute Gasteiger partial charge is 0.465 e. The maximum atomic E-state index is 12.7. The average Bonchev–Trinajstić information content (AvgIpc) is 2.78. The van der Waals surface area contributed by atoms with Crippen molar-refractivity contribution in [2.75, 3.05) is 6.54 Å². The molecule has 7 heteroatoms. The summed E-state index contributed by atoms with van der Waals surface area (Å²) in [5.41, 5.74) is 1.19. The van der Waals surface area contributed by atoms with E-state index < -0.39 is 11.9 Å². The lowest BCUT2D eigenvalue weighted by Crippen LogP contribution is -2.25. The fourth-order valence-corrected chi connectivity index (χ4v) is 1.43. The zero-order valence-electron chi connectivity index (χ0n) is 9.38. The minimum atomic E-state index is -1.07. The second kappa shape index (κ2) is 5.26. The van der Waals surface area contributed by atoms with Gasteiger partial charge in [0.25, 0.3) is 0 Å². The molecule has 0 bridgehead atoms. The summed E-state index contributed by atoms with van der Waals surface area (Å²) in [5, 5.41) is 14.9.